The Bertz CT molecular complexity index is 568. The molecule has 0 aliphatic heterocycles. The summed E-state index contributed by atoms with van der Waals surface area (Å²) < 4.78 is 5.79. The monoisotopic (exact) mass is 240 g/mol. The number of carbonyl (C=O) groups is 1. The van der Waals surface area contributed by atoms with Crippen LogP contribution in [0.5, 0.6) is 11.5 Å². The molecule has 2 heteroatoms. The van der Waals surface area contributed by atoms with Crippen LogP contribution in [0, 0.1) is 13.8 Å². The van der Waals surface area contributed by atoms with Gasteiger partial charge in [-0.15, -0.1) is 0 Å². The Morgan fingerprint density at radius 3 is 2.22 bits per heavy atom. The third-order valence-electron chi connectivity index (χ3n) is 2.82. The van der Waals surface area contributed by atoms with Gasteiger partial charge >= 0.3 is 0 Å². The van der Waals surface area contributed by atoms with Gasteiger partial charge in [0, 0.05) is 5.56 Å². The standard InChI is InChI=1S/C16H16O2/c1-11-4-9-16(12(2)10-11)18-15-7-5-14(6-8-15)13(3)17/h4-10H,1-3H3. The third kappa shape index (κ3) is 2.77. The largest absolute Gasteiger partial charge is 0.457 e. The Kier molecular flexibility index (Phi) is 3.47. The highest BCUT2D eigenvalue weighted by Gasteiger charge is 2.03. The number of hydrogen-bond donors (Lipinski definition) is 0. The van der Waals surface area contributed by atoms with Crippen molar-refractivity contribution < 1.29 is 9.53 Å². The van der Waals surface area contributed by atoms with Crippen molar-refractivity contribution in [2.45, 2.75) is 20.8 Å². The van der Waals surface area contributed by atoms with Gasteiger partial charge in [0.1, 0.15) is 11.5 Å². The summed E-state index contributed by atoms with van der Waals surface area (Å²) in [7, 11) is 0. The van der Waals surface area contributed by atoms with Crippen molar-refractivity contribution in [2.24, 2.45) is 0 Å². The molecule has 0 radical (unpaired) electrons. The molecule has 0 atom stereocenters. The van der Waals surface area contributed by atoms with Crippen molar-refractivity contribution in [1.29, 1.82) is 0 Å². The van der Waals surface area contributed by atoms with E-state index in [1.54, 1.807) is 19.1 Å². The average Bonchev–Trinajstić information content (AvgIpc) is 2.33. The van der Waals surface area contributed by atoms with Crippen LogP contribution in [-0.2, 0) is 0 Å². The maximum absolute atomic E-state index is 11.2. The van der Waals surface area contributed by atoms with E-state index in [4.69, 9.17) is 4.74 Å². The van der Waals surface area contributed by atoms with E-state index in [-0.39, 0.29) is 5.78 Å². The molecule has 0 amide bonds. The smallest absolute Gasteiger partial charge is 0.159 e. The van der Waals surface area contributed by atoms with Gasteiger partial charge in [0.25, 0.3) is 0 Å². The Labute approximate surface area is 107 Å². The molecule has 0 unspecified atom stereocenters. The normalized spacial score (nSPS) is 10.2. The summed E-state index contributed by atoms with van der Waals surface area (Å²) in [5.41, 5.74) is 3.01. The summed E-state index contributed by atoms with van der Waals surface area (Å²) >= 11 is 0. The number of hydrogen-bond acceptors (Lipinski definition) is 2. The van der Waals surface area contributed by atoms with Crippen molar-refractivity contribution in [3.05, 3.63) is 59.2 Å². The van der Waals surface area contributed by atoms with Gasteiger partial charge in [0.15, 0.2) is 5.78 Å². The lowest BCUT2D eigenvalue weighted by atomic mass is 10.1. The average molecular weight is 240 g/mol. The molecule has 92 valence electrons. The Morgan fingerprint density at radius 2 is 1.67 bits per heavy atom. The molecule has 0 saturated carbocycles. The predicted molar refractivity (Wildman–Crippen MR) is 72.4 cm³/mol. The van der Waals surface area contributed by atoms with Gasteiger partial charge < -0.3 is 4.74 Å². The zero-order chi connectivity index (χ0) is 13.1. The van der Waals surface area contributed by atoms with Crippen LogP contribution in [0.15, 0.2) is 42.5 Å². The topological polar surface area (TPSA) is 26.3 Å². The molecule has 0 bridgehead atoms. The number of rotatable bonds is 3. The lowest BCUT2D eigenvalue weighted by Gasteiger charge is -2.09. The zero-order valence-corrected chi connectivity index (χ0v) is 10.9. The fourth-order valence-corrected chi connectivity index (χ4v) is 1.80. The molecule has 0 aliphatic rings. The SMILES string of the molecule is CC(=O)c1ccc(Oc2ccc(C)cc2C)cc1. The van der Waals surface area contributed by atoms with Crippen LogP contribution in [-0.4, -0.2) is 5.78 Å². The minimum Gasteiger partial charge on any atom is -0.457 e. The lowest BCUT2D eigenvalue weighted by molar-refractivity contribution is 0.101. The second-order valence-corrected chi connectivity index (χ2v) is 4.45. The van der Waals surface area contributed by atoms with E-state index in [0.29, 0.717) is 5.56 Å². The molecule has 2 aromatic rings. The summed E-state index contributed by atoms with van der Waals surface area (Å²) in [6, 6.07) is 13.3. The molecule has 2 aromatic carbocycles. The second kappa shape index (κ2) is 5.05. The highest BCUT2D eigenvalue weighted by atomic mass is 16.5. The second-order valence-electron chi connectivity index (χ2n) is 4.45. The lowest BCUT2D eigenvalue weighted by Crippen LogP contribution is -1.92. The third-order valence-corrected chi connectivity index (χ3v) is 2.82. The van der Waals surface area contributed by atoms with Gasteiger partial charge in [0.2, 0.25) is 0 Å². The Hall–Kier alpha value is -2.09. The number of ether oxygens (including phenoxy) is 1. The number of aryl methyl sites for hydroxylation is 2. The fraction of sp³-hybridized carbons (Fsp3) is 0.188. The highest BCUT2D eigenvalue weighted by Crippen LogP contribution is 2.25. The van der Waals surface area contributed by atoms with Gasteiger partial charge in [-0.25, -0.2) is 0 Å². The summed E-state index contributed by atoms with van der Waals surface area (Å²) in [5, 5.41) is 0. The number of carbonyl (C=O) groups excluding carboxylic acids is 1. The predicted octanol–water partition coefficient (Wildman–Crippen LogP) is 4.30. The van der Waals surface area contributed by atoms with Crippen LogP contribution in [0.3, 0.4) is 0 Å². The van der Waals surface area contributed by atoms with Crippen LogP contribution in [0.1, 0.15) is 28.4 Å². The molecular formula is C16H16O2. The van der Waals surface area contributed by atoms with E-state index in [9.17, 15) is 4.79 Å². The summed E-state index contributed by atoms with van der Waals surface area (Å²) in [6.45, 7) is 5.63. The highest BCUT2D eigenvalue weighted by molar-refractivity contribution is 5.94. The number of ketones is 1. The molecular weight excluding hydrogens is 224 g/mol. The molecule has 0 spiro atoms. The van der Waals surface area contributed by atoms with Crippen LogP contribution >= 0.6 is 0 Å². The van der Waals surface area contributed by atoms with Gasteiger partial charge in [0.05, 0.1) is 0 Å². The molecule has 2 rings (SSSR count). The van der Waals surface area contributed by atoms with Crippen LogP contribution in [0.2, 0.25) is 0 Å². The molecule has 0 N–H and O–H groups in total. The molecule has 18 heavy (non-hydrogen) atoms. The van der Waals surface area contributed by atoms with Crippen LogP contribution in [0.25, 0.3) is 0 Å². The maximum Gasteiger partial charge on any atom is 0.159 e. The first-order valence-electron chi connectivity index (χ1n) is 5.92. The summed E-state index contributed by atoms with van der Waals surface area (Å²) in [6.07, 6.45) is 0. The molecule has 2 nitrogen and oxygen atoms in total. The summed E-state index contributed by atoms with van der Waals surface area (Å²) in [4.78, 5) is 11.2. The van der Waals surface area contributed by atoms with E-state index in [1.165, 1.54) is 5.56 Å². The van der Waals surface area contributed by atoms with Gasteiger partial charge in [-0.05, 0) is 56.7 Å². The summed E-state index contributed by atoms with van der Waals surface area (Å²) in [5.74, 6) is 1.65. The van der Waals surface area contributed by atoms with E-state index in [0.717, 1.165) is 17.1 Å². The Balaban J connectivity index is 2.21. The van der Waals surface area contributed by atoms with Crippen LogP contribution < -0.4 is 4.74 Å². The fourth-order valence-electron chi connectivity index (χ4n) is 1.80. The zero-order valence-electron chi connectivity index (χ0n) is 10.9. The van der Waals surface area contributed by atoms with Crippen molar-refractivity contribution in [2.75, 3.05) is 0 Å². The van der Waals surface area contributed by atoms with Crippen molar-refractivity contribution in [1.82, 2.24) is 0 Å². The minimum atomic E-state index is 0.0630. The van der Waals surface area contributed by atoms with Crippen molar-refractivity contribution in [3.63, 3.8) is 0 Å². The number of Topliss-reactive ketones (excluding diaryl/α,β-unsaturated/α-hetero) is 1. The molecule has 0 fully saturated rings. The van der Waals surface area contributed by atoms with E-state index < -0.39 is 0 Å². The Morgan fingerprint density at radius 1 is 1.00 bits per heavy atom. The van der Waals surface area contributed by atoms with E-state index in [1.807, 2.05) is 31.2 Å². The van der Waals surface area contributed by atoms with Gasteiger partial charge in [-0.2, -0.15) is 0 Å². The van der Waals surface area contributed by atoms with E-state index in [2.05, 4.69) is 13.0 Å². The molecule has 0 heterocycles. The molecule has 0 aliphatic carbocycles. The first-order valence-corrected chi connectivity index (χ1v) is 5.92. The van der Waals surface area contributed by atoms with E-state index >= 15 is 0 Å². The first kappa shape index (κ1) is 12.4. The molecule has 0 saturated heterocycles. The maximum atomic E-state index is 11.2. The van der Waals surface area contributed by atoms with Crippen LogP contribution in [0.4, 0.5) is 0 Å². The van der Waals surface area contributed by atoms with Crippen molar-refractivity contribution >= 4 is 5.78 Å². The first-order chi connectivity index (χ1) is 8.56. The molecule has 0 aromatic heterocycles. The quantitative estimate of drug-likeness (QED) is 0.748. The number of benzene rings is 2. The van der Waals surface area contributed by atoms with Gasteiger partial charge in [-0.3, -0.25) is 4.79 Å². The minimum absolute atomic E-state index is 0.0630. The van der Waals surface area contributed by atoms with Gasteiger partial charge in [-0.1, -0.05) is 17.7 Å². The van der Waals surface area contributed by atoms with Crippen molar-refractivity contribution in [3.8, 4) is 11.5 Å².